The second kappa shape index (κ2) is 4.44. The predicted octanol–water partition coefficient (Wildman–Crippen LogP) is 3.41. The molecule has 0 aliphatic heterocycles. The SMILES string of the molecule is Cc1ccc(C)c(C(C)Nn2cccc2)c1. The molecule has 0 aliphatic rings. The lowest BCUT2D eigenvalue weighted by Crippen LogP contribution is -2.17. The summed E-state index contributed by atoms with van der Waals surface area (Å²) in [6.45, 7) is 6.47. The fourth-order valence-corrected chi connectivity index (χ4v) is 1.94. The highest BCUT2D eigenvalue weighted by molar-refractivity contribution is 5.33. The van der Waals surface area contributed by atoms with Crippen LogP contribution in [-0.4, -0.2) is 4.68 Å². The number of benzene rings is 1. The van der Waals surface area contributed by atoms with Gasteiger partial charge < -0.3 is 5.43 Å². The Morgan fingerprint density at radius 3 is 2.50 bits per heavy atom. The largest absolute Gasteiger partial charge is 0.319 e. The fourth-order valence-electron chi connectivity index (χ4n) is 1.94. The summed E-state index contributed by atoms with van der Waals surface area (Å²) in [6.07, 6.45) is 4.03. The molecule has 0 amide bonds. The van der Waals surface area contributed by atoms with E-state index >= 15 is 0 Å². The number of hydrogen-bond donors (Lipinski definition) is 1. The second-order valence-corrected chi connectivity index (χ2v) is 4.30. The van der Waals surface area contributed by atoms with Gasteiger partial charge >= 0.3 is 0 Å². The lowest BCUT2D eigenvalue weighted by Gasteiger charge is -2.19. The molecule has 0 bridgehead atoms. The van der Waals surface area contributed by atoms with Crippen LogP contribution in [0.1, 0.15) is 29.7 Å². The van der Waals surface area contributed by atoms with Gasteiger partial charge in [0.2, 0.25) is 0 Å². The maximum Gasteiger partial charge on any atom is 0.0648 e. The molecule has 0 spiro atoms. The highest BCUT2D eigenvalue weighted by Crippen LogP contribution is 2.19. The molecule has 2 rings (SSSR count). The van der Waals surface area contributed by atoms with E-state index in [1.165, 1.54) is 16.7 Å². The molecule has 1 heterocycles. The first-order chi connectivity index (χ1) is 7.66. The second-order valence-electron chi connectivity index (χ2n) is 4.30. The molecule has 2 aromatic rings. The quantitative estimate of drug-likeness (QED) is 0.828. The van der Waals surface area contributed by atoms with Gasteiger partial charge in [0.25, 0.3) is 0 Å². The molecule has 16 heavy (non-hydrogen) atoms. The number of aryl methyl sites for hydroxylation is 2. The zero-order valence-corrected chi connectivity index (χ0v) is 10.1. The van der Waals surface area contributed by atoms with Crippen molar-refractivity contribution in [3.63, 3.8) is 0 Å². The molecule has 1 aromatic carbocycles. The number of hydrogen-bond acceptors (Lipinski definition) is 1. The van der Waals surface area contributed by atoms with Gasteiger partial charge in [-0.25, -0.2) is 0 Å². The van der Waals surface area contributed by atoms with Crippen molar-refractivity contribution < 1.29 is 0 Å². The Bertz CT molecular complexity index is 458. The molecule has 0 saturated carbocycles. The number of rotatable bonds is 3. The Morgan fingerprint density at radius 1 is 1.12 bits per heavy atom. The van der Waals surface area contributed by atoms with Crippen LogP contribution in [0.15, 0.2) is 42.7 Å². The minimum Gasteiger partial charge on any atom is -0.319 e. The van der Waals surface area contributed by atoms with E-state index < -0.39 is 0 Å². The molecule has 0 radical (unpaired) electrons. The summed E-state index contributed by atoms with van der Waals surface area (Å²) in [5.41, 5.74) is 7.42. The van der Waals surface area contributed by atoms with Crippen LogP contribution in [0.2, 0.25) is 0 Å². The van der Waals surface area contributed by atoms with Crippen molar-refractivity contribution in [2.24, 2.45) is 0 Å². The molecular weight excluding hydrogens is 196 g/mol. The maximum absolute atomic E-state index is 3.42. The van der Waals surface area contributed by atoms with Gasteiger partial charge in [-0.05, 0) is 44.0 Å². The summed E-state index contributed by atoms with van der Waals surface area (Å²) in [4.78, 5) is 0. The van der Waals surface area contributed by atoms with Crippen LogP contribution in [0, 0.1) is 13.8 Å². The topological polar surface area (TPSA) is 17.0 Å². The van der Waals surface area contributed by atoms with E-state index in [4.69, 9.17) is 0 Å². The molecule has 0 saturated heterocycles. The molecule has 1 N–H and O–H groups in total. The first-order valence-corrected chi connectivity index (χ1v) is 5.63. The Morgan fingerprint density at radius 2 is 1.81 bits per heavy atom. The zero-order valence-electron chi connectivity index (χ0n) is 10.1. The third-order valence-corrected chi connectivity index (χ3v) is 2.85. The summed E-state index contributed by atoms with van der Waals surface area (Å²) in [6, 6.07) is 10.9. The van der Waals surface area contributed by atoms with Crippen molar-refractivity contribution in [2.75, 3.05) is 5.43 Å². The summed E-state index contributed by atoms with van der Waals surface area (Å²) in [5.74, 6) is 0. The lowest BCUT2D eigenvalue weighted by molar-refractivity contribution is 0.723. The Kier molecular flexibility index (Phi) is 3.00. The lowest BCUT2D eigenvalue weighted by atomic mass is 10.0. The third kappa shape index (κ3) is 2.27. The Labute approximate surface area is 96.9 Å². The van der Waals surface area contributed by atoms with Crippen LogP contribution >= 0.6 is 0 Å². The first-order valence-electron chi connectivity index (χ1n) is 5.63. The summed E-state index contributed by atoms with van der Waals surface area (Å²) in [7, 11) is 0. The van der Waals surface area contributed by atoms with Crippen LogP contribution in [0.3, 0.4) is 0 Å². The van der Waals surface area contributed by atoms with Gasteiger partial charge in [-0.2, -0.15) is 0 Å². The van der Waals surface area contributed by atoms with Crippen molar-refractivity contribution in [3.8, 4) is 0 Å². The molecule has 2 nitrogen and oxygen atoms in total. The smallest absolute Gasteiger partial charge is 0.0648 e. The number of aromatic nitrogens is 1. The van der Waals surface area contributed by atoms with Gasteiger partial charge in [0.15, 0.2) is 0 Å². The maximum atomic E-state index is 3.42. The highest BCUT2D eigenvalue weighted by Gasteiger charge is 2.07. The number of nitrogens with one attached hydrogen (secondary N) is 1. The normalized spacial score (nSPS) is 12.4. The number of nitrogens with zero attached hydrogens (tertiary/aromatic N) is 1. The summed E-state index contributed by atoms with van der Waals surface area (Å²) in [5, 5.41) is 0. The van der Waals surface area contributed by atoms with Crippen LogP contribution in [0.25, 0.3) is 0 Å². The van der Waals surface area contributed by atoms with Crippen LogP contribution in [0.4, 0.5) is 0 Å². The van der Waals surface area contributed by atoms with E-state index in [9.17, 15) is 0 Å². The Hall–Kier alpha value is -1.70. The van der Waals surface area contributed by atoms with E-state index in [-0.39, 0.29) is 0 Å². The van der Waals surface area contributed by atoms with Crippen LogP contribution in [0.5, 0.6) is 0 Å². The monoisotopic (exact) mass is 214 g/mol. The molecule has 1 unspecified atom stereocenters. The molecular formula is C14H18N2. The van der Waals surface area contributed by atoms with Crippen LogP contribution < -0.4 is 5.43 Å². The van der Waals surface area contributed by atoms with Gasteiger partial charge in [-0.3, -0.25) is 4.68 Å². The van der Waals surface area contributed by atoms with Gasteiger partial charge in [0.1, 0.15) is 0 Å². The van der Waals surface area contributed by atoms with Crippen LogP contribution in [-0.2, 0) is 0 Å². The fraction of sp³-hybridized carbons (Fsp3) is 0.286. The average Bonchev–Trinajstić information content (AvgIpc) is 2.74. The Balaban J connectivity index is 2.20. The molecule has 1 atom stereocenters. The van der Waals surface area contributed by atoms with Gasteiger partial charge in [0, 0.05) is 12.4 Å². The zero-order chi connectivity index (χ0) is 11.5. The standard InChI is InChI=1S/C14H18N2/c1-11-6-7-12(2)14(10-11)13(3)15-16-8-4-5-9-16/h4-10,13,15H,1-3H3. The van der Waals surface area contributed by atoms with Crippen molar-refractivity contribution in [2.45, 2.75) is 26.8 Å². The van der Waals surface area contributed by atoms with Crippen molar-refractivity contribution in [1.82, 2.24) is 4.68 Å². The third-order valence-electron chi connectivity index (χ3n) is 2.85. The van der Waals surface area contributed by atoms with E-state index in [1.807, 2.05) is 29.2 Å². The van der Waals surface area contributed by atoms with E-state index in [1.54, 1.807) is 0 Å². The summed E-state index contributed by atoms with van der Waals surface area (Å²) < 4.78 is 1.99. The average molecular weight is 214 g/mol. The predicted molar refractivity (Wildman–Crippen MR) is 68.1 cm³/mol. The molecule has 0 aliphatic carbocycles. The first kappa shape index (κ1) is 10.8. The molecule has 2 heteroatoms. The highest BCUT2D eigenvalue weighted by atomic mass is 15.4. The van der Waals surface area contributed by atoms with E-state index in [2.05, 4.69) is 44.4 Å². The van der Waals surface area contributed by atoms with Crippen molar-refractivity contribution in [1.29, 1.82) is 0 Å². The molecule has 0 fully saturated rings. The van der Waals surface area contributed by atoms with Crippen molar-refractivity contribution >= 4 is 0 Å². The van der Waals surface area contributed by atoms with Gasteiger partial charge in [-0.15, -0.1) is 0 Å². The minimum absolute atomic E-state index is 0.312. The van der Waals surface area contributed by atoms with Crippen molar-refractivity contribution in [3.05, 3.63) is 59.4 Å². The van der Waals surface area contributed by atoms with E-state index in [0.29, 0.717) is 6.04 Å². The molecule has 84 valence electrons. The summed E-state index contributed by atoms with van der Waals surface area (Å²) >= 11 is 0. The van der Waals surface area contributed by atoms with Gasteiger partial charge in [0.05, 0.1) is 6.04 Å². The molecule has 1 aromatic heterocycles. The van der Waals surface area contributed by atoms with E-state index in [0.717, 1.165) is 0 Å². The van der Waals surface area contributed by atoms with Gasteiger partial charge in [-0.1, -0.05) is 23.8 Å². The minimum atomic E-state index is 0.312.